The fourth-order valence-electron chi connectivity index (χ4n) is 1.86. The smallest absolute Gasteiger partial charge is 0.357 e. The first-order valence-corrected chi connectivity index (χ1v) is 7.38. The van der Waals surface area contributed by atoms with E-state index in [0.717, 1.165) is 11.3 Å². The minimum absolute atomic E-state index is 0.256. The molecule has 1 N–H and O–H groups in total. The van der Waals surface area contributed by atoms with E-state index in [-0.39, 0.29) is 12.2 Å². The lowest BCUT2D eigenvalue weighted by Gasteiger charge is -2.19. The first kappa shape index (κ1) is 16.9. The third kappa shape index (κ3) is 5.36. The van der Waals surface area contributed by atoms with E-state index in [9.17, 15) is 9.18 Å². The van der Waals surface area contributed by atoms with Gasteiger partial charge in [-0.1, -0.05) is 0 Å². The van der Waals surface area contributed by atoms with Gasteiger partial charge in [0.2, 0.25) is 0 Å². The number of rotatable bonds is 6. The van der Waals surface area contributed by atoms with Crippen LogP contribution in [0.3, 0.4) is 0 Å². The number of ether oxygens (including phenoxy) is 1. The summed E-state index contributed by atoms with van der Waals surface area (Å²) in [5.41, 5.74) is 1.43. The Hall–Kier alpha value is -2.44. The Labute approximate surface area is 134 Å². The van der Waals surface area contributed by atoms with Crippen molar-refractivity contribution in [2.45, 2.75) is 39.5 Å². The third-order valence-electron chi connectivity index (χ3n) is 2.87. The Bertz CT molecular complexity index is 647. The Kier molecular flexibility index (Phi) is 5.31. The van der Waals surface area contributed by atoms with Gasteiger partial charge in [0.15, 0.2) is 0 Å². The normalized spacial score (nSPS) is 11.3. The monoisotopic (exact) mass is 320 g/mol. The molecule has 2 aromatic heterocycles. The fraction of sp³-hybridized carbons (Fsp3) is 0.438. The summed E-state index contributed by atoms with van der Waals surface area (Å²) in [6.45, 7) is 5.79. The molecule has 0 saturated carbocycles. The van der Waals surface area contributed by atoms with Crippen LogP contribution in [0.15, 0.2) is 30.7 Å². The number of aromatic nitrogens is 3. The predicted octanol–water partition coefficient (Wildman–Crippen LogP) is 2.82. The van der Waals surface area contributed by atoms with Crippen LogP contribution in [-0.4, -0.2) is 33.0 Å². The minimum atomic E-state index is -0.546. The number of carbonyl (C=O) groups excluding carboxylic acids is 1. The lowest BCUT2D eigenvalue weighted by Crippen LogP contribution is -2.24. The molecular formula is C16H21FN4O2. The van der Waals surface area contributed by atoms with Crippen molar-refractivity contribution < 1.29 is 13.9 Å². The number of alkyl halides is 1. The molecule has 2 heterocycles. The maximum atomic E-state index is 12.2. The molecule has 23 heavy (non-hydrogen) atoms. The molecule has 0 saturated heterocycles. The van der Waals surface area contributed by atoms with E-state index >= 15 is 0 Å². The van der Waals surface area contributed by atoms with E-state index in [4.69, 9.17) is 4.74 Å². The summed E-state index contributed by atoms with van der Waals surface area (Å²) < 4.78 is 19.0. The van der Waals surface area contributed by atoms with Gasteiger partial charge in [0.1, 0.15) is 18.0 Å². The molecule has 0 spiro atoms. The molecule has 0 aromatic carbocycles. The van der Waals surface area contributed by atoms with Crippen LogP contribution in [0.2, 0.25) is 0 Å². The quantitative estimate of drug-likeness (QED) is 0.829. The Morgan fingerprint density at radius 2 is 2.13 bits per heavy atom. The molecule has 0 radical (unpaired) electrons. The van der Waals surface area contributed by atoms with Gasteiger partial charge in [-0.3, -0.25) is 4.68 Å². The van der Waals surface area contributed by atoms with E-state index in [1.165, 1.54) is 0 Å². The number of hydrogen-bond acceptors (Lipinski definition) is 5. The van der Waals surface area contributed by atoms with Crippen LogP contribution in [0.25, 0.3) is 0 Å². The van der Waals surface area contributed by atoms with Gasteiger partial charge in [0.25, 0.3) is 0 Å². The van der Waals surface area contributed by atoms with Crippen LogP contribution in [0, 0.1) is 0 Å². The number of nitrogens with zero attached hydrogens (tertiary/aromatic N) is 3. The lowest BCUT2D eigenvalue weighted by atomic mass is 10.2. The highest BCUT2D eigenvalue weighted by Gasteiger charge is 2.18. The van der Waals surface area contributed by atoms with Gasteiger partial charge in [-0.25, -0.2) is 14.2 Å². The number of esters is 1. The molecule has 6 nitrogen and oxygen atoms in total. The standard InChI is InChI=1S/C16H21FN4O2/c1-16(2,3)23-15(22)14-5-4-13(10-19-14)18-8-12-9-20-21(11-12)7-6-17/h4-5,9-11,18H,6-8H2,1-3H3. The first-order chi connectivity index (χ1) is 10.9. The van der Waals surface area contributed by atoms with Crippen molar-refractivity contribution in [1.82, 2.24) is 14.8 Å². The molecule has 7 heteroatoms. The molecular weight excluding hydrogens is 299 g/mol. The largest absolute Gasteiger partial charge is 0.455 e. The summed E-state index contributed by atoms with van der Waals surface area (Å²) in [6.07, 6.45) is 5.05. The number of anilines is 1. The molecule has 0 aliphatic carbocycles. The summed E-state index contributed by atoms with van der Waals surface area (Å²) in [4.78, 5) is 16.0. The van der Waals surface area contributed by atoms with Gasteiger partial charge < -0.3 is 10.1 Å². The van der Waals surface area contributed by atoms with Crippen LogP contribution in [0.5, 0.6) is 0 Å². The zero-order valence-corrected chi connectivity index (χ0v) is 13.5. The second-order valence-corrected chi connectivity index (χ2v) is 6.09. The van der Waals surface area contributed by atoms with Crippen LogP contribution >= 0.6 is 0 Å². The minimum Gasteiger partial charge on any atom is -0.455 e. The maximum Gasteiger partial charge on any atom is 0.357 e. The second-order valence-electron chi connectivity index (χ2n) is 6.09. The molecule has 0 aliphatic heterocycles. The third-order valence-corrected chi connectivity index (χ3v) is 2.87. The number of aryl methyl sites for hydroxylation is 1. The van der Waals surface area contributed by atoms with Gasteiger partial charge in [0, 0.05) is 18.3 Å². The Morgan fingerprint density at radius 1 is 1.35 bits per heavy atom. The van der Waals surface area contributed by atoms with Crippen molar-refractivity contribution in [3.05, 3.63) is 42.0 Å². The van der Waals surface area contributed by atoms with E-state index < -0.39 is 18.2 Å². The van der Waals surface area contributed by atoms with Crippen molar-refractivity contribution in [1.29, 1.82) is 0 Å². The molecule has 0 unspecified atom stereocenters. The van der Waals surface area contributed by atoms with E-state index in [0.29, 0.717) is 6.54 Å². The van der Waals surface area contributed by atoms with Crippen molar-refractivity contribution in [2.24, 2.45) is 0 Å². The summed E-state index contributed by atoms with van der Waals surface area (Å²) >= 11 is 0. The maximum absolute atomic E-state index is 12.2. The Balaban J connectivity index is 1.90. The summed E-state index contributed by atoms with van der Waals surface area (Å²) in [6, 6.07) is 3.38. The van der Waals surface area contributed by atoms with Gasteiger partial charge >= 0.3 is 5.97 Å². The molecule has 124 valence electrons. The highest BCUT2D eigenvalue weighted by atomic mass is 19.1. The molecule has 0 bridgehead atoms. The number of carbonyl (C=O) groups is 1. The number of halogens is 1. The number of pyridine rings is 1. The highest BCUT2D eigenvalue weighted by Crippen LogP contribution is 2.13. The molecule has 0 amide bonds. The average molecular weight is 320 g/mol. The summed E-state index contributed by atoms with van der Waals surface area (Å²) in [5, 5.41) is 7.22. The molecule has 2 rings (SSSR count). The van der Waals surface area contributed by atoms with Gasteiger partial charge in [-0.05, 0) is 32.9 Å². The van der Waals surface area contributed by atoms with Crippen molar-refractivity contribution in [3.8, 4) is 0 Å². The predicted molar refractivity (Wildman–Crippen MR) is 84.9 cm³/mol. The van der Waals surface area contributed by atoms with Crippen molar-refractivity contribution >= 4 is 11.7 Å². The lowest BCUT2D eigenvalue weighted by molar-refractivity contribution is 0.00629. The van der Waals surface area contributed by atoms with Crippen LogP contribution in [0.4, 0.5) is 10.1 Å². The van der Waals surface area contributed by atoms with Crippen LogP contribution in [0.1, 0.15) is 36.8 Å². The fourth-order valence-corrected chi connectivity index (χ4v) is 1.86. The molecule has 0 fully saturated rings. The van der Waals surface area contributed by atoms with Crippen molar-refractivity contribution in [3.63, 3.8) is 0 Å². The summed E-state index contributed by atoms with van der Waals surface area (Å²) in [5.74, 6) is -0.448. The Morgan fingerprint density at radius 3 is 2.74 bits per heavy atom. The molecule has 0 atom stereocenters. The highest BCUT2D eigenvalue weighted by molar-refractivity contribution is 5.87. The zero-order valence-electron chi connectivity index (χ0n) is 13.5. The van der Waals surface area contributed by atoms with Gasteiger partial charge in [-0.15, -0.1) is 0 Å². The molecule has 2 aromatic rings. The van der Waals surface area contributed by atoms with Gasteiger partial charge in [0.05, 0.1) is 24.6 Å². The first-order valence-electron chi connectivity index (χ1n) is 7.38. The van der Waals surface area contributed by atoms with E-state index in [1.807, 2.05) is 20.8 Å². The van der Waals surface area contributed by atoms with Crippen LogP contribution in [-0.2, 0) is 17.8 Å². The molecule has 0 aliphatic rings. The summed E-state index contributed by atoms with van der Waals surface area (Å²) in [7, 11) is 0. The van der Waals surface area contributed by atoms with Crippen LogP contribution < -0.4 is 5.32 Å². The average Bonchev–Trinajstić information content (AvgIpc) is 2.92. The SMILES string of the molecule is CC(C)(C)OC(=O)c1ccc(NCc2cnn(CCF)c2)cn1. The second kappa shape index (κ2) is 7.21. The number of nitrogens with one attached hydrogen (secondary N) is 1. The van der Waals surface area contributed by atoms with E-state index in [1.54, 1.807) is 35.4 Å². The van der Waals surface area contributed by atoms with Crippen molar-refractivity contribution in [2.75, 3.05) is 12.0 Å². The zero-order chi connectivity index (χ0) is 16.9. The van der Waals surface area contributed by atoms with Gasteiger partial charge in [-0.2, -0.15) is 5.10 Å². The number of hydrogen-bond donors (Lipinski definition) is 1. The topological polar surface area (TPSA) is 69.0 Å². The van der Waals surface area contributed by atoms with E-state index in [2.05, 4.69) is 15.4 Å².